The number of piperidine rings is 3. The minimum Gasteiger partial charge on any atom is -0.383 e. The second kappa shape index (κ2) is 8.47. The fraction of sp³-hybridized carbons (Fsp3) is 0.727. The molecule has 1 aromatic heterocycles. The summed E-state index contributed by atoms with van der Waals surface area (Å²) >= 11 is 0. The molecule has 0 aliphatic carbocycles. The van der Waals surface area contributed by atoms with Crippen LogP contribution in [0.15, 0.2) is 18.3 Å². The molecule has 154 valence electrons. The van der Waals surface area contributed by atoms with Gasteiger partial charge in [-0.1, -0.05) is 6.07 Å². The highest BCUT2D eigenvalue weighted by Crippen LogP contribution is 2.32. The molecule has 2 bridgehead atoms. The number of nitrogens with zero attached hydrogens (tertiary/aromatic N) is 2. The molecule has 4 heterocycles. The van der Waals surface area contributed by atoms with E-state index in [0.717, 1.165) is 55.6 Å². The summed E-state index contributed by atoms with van der Waals surface area (Å²) in [5.74, 6) is 1.73. The van der Waals surface area contributed by atoms with E-state index in [-0.39, 0.29) is 5.91 Å². The lowest BCUT2D eigenvalue weighted by Gasteiger charge is -2.41. The van der Waals surface area contributed by atoms with Crippen molar-refractivity contribution in [2.24, 2.45) is 11.8 Å². The summed E-state index contributed by atoms with van der Waals surface area (Å²) < 4.78 is 0. The highest BCUT2D eigenvalue weighted by molar-refractivity contribution is 5.76. The van der Waals surface area contributed by atoms with Gasteiger partial charge in [0, 0.05) is 31.7 Å². The quantitative estimate of drug-likeness (QED) is 0.716. The van der Waals surface area contributed by atoms with Crippen LogP contribution in [0.4, 0.5) is 0 Å². The predicted octanol–water partition coefficient (Wildman–Crippen LogP) is 1.57. The molecule has 0 aromatic carbocycles. The first-order chi connectivity index (χ1) is 13.5. The summed E-state index contributed by atoms with van der Waals surface area (Å²) in [6, 6.07) is 4.45. The van der Waals surface area contributed by atoms with Crippen LogP contribution in [0.3, 0.4) is 0 Å². The van der Waals surface area contributed by atoms with Gasteiger partial charge >= 0.3 is 0 Å². The number of pyridine rings is 1. The third-order valence-electron chi connectivity index (χ3n) is 6.95. The van der Waals surface area contributed by atoms with Crippen molar-refractivity contribution in [1.82, 2.24) is 20.5 Å². The number of carbonyl (C=O) groups is 1. The zero-order valence-electron chi connectivity index (χ0n) is 17.0. The molecule has 3 aliphatic rings. The molecule has 0 saturated carbocycles. The summed E-state index contributed by atoms with van der Waals surface area (Å²) in [7, 11) is 0. The minimum atomic E-state index is -0.902. The topological polar surface area (TPSA) is 77.5 Å². The highest BCUT2D eigenvalue weighted by Gasteiger charge is 2.37. The number of hydrogen-bond donors (Lipinski definition) is 3. The lowest BCUT2D eigenvalue weighted by Crippen LogP contribution is -2.54. The van der Waals surface area contributed by atoms with Gasteiger partial charge in [-0.3, -0.25) is 9.78 Å². The largest absolute Gasteiger partial charge is 0.383 e. The fourth-order valence-corrected chi connectivity index (χ4v) is 5.11. The Bertz CT molecular complexity index is 670. The van der Waals surface area contributed by atoms with Gasteiger partial charge in [0.1, 0.15) is 5.60 Å². The summed E-state index contributed by atoms with van der Waals surface area (Å²) in [6.07, 6.45) is 6.89. The molecule has 0 unspecified atom stereocenters. The number of rotatable bonds is 5. The average molecular weight is 387 g/mol. The Hall–Kier alpha value is -1.50. The molecule has 3 atom stereocenters. The van der Waals surface area contributed by atoms with Gasteiger partial charge in [-0.15, -0.1) is 0 Å². The van der Waals surface area contributed by atoms with Gasteiger partial charge in [0.15, 0.2) is 0 Å². The van der Waals surface area contributed by atoms with Crippen LogP contribution in [-0.4, -0.2) is 59.7 Å². The molecule has 0 radical (unpaired) electrons. The van der Waals surface area contributed by atoms with Crippen molar-refractivity contribution >= 4 is 5.91 Å². The van der Waals surface area contributed by atoms with Crippen molar-refractivity contribution in [2.75, 3.05) is 32.7 Å². The smallest absolute Gasteiger partial charge is 0.222 e. The van der Waals surface area contributed by atoms with Gasteiger partial charge < -0.3 is 20.6 Å². The maximum atomic E-state index is 12.6. The van der Waals surface area contributed by atoms with Crippen LogP contribution in [0.5, 0.6) is 0 Å². The van der Waals surface area contributed by atoms with Gasteiger partial charge in [0.05, 0.1) is 5.69 Å². The maximum absolute atomic E-state index is 12.6. The lowest BCUT2D eigenvalue weighted by atomic mass is 9.80. The van der Waals surface area contributed by atoms with E-state index in [1.165, 1.54) is 6.42 Å². The van der Waals surface area contributed by atoms with Crippen LogP contribution in [0.1, 0.15) is 49.8 Å². The van der Waals surface area contributed by atoms with E-state index in [1.807, 2.05) is 24.0 Å². The summed E-state index contributed by atoms with van der Waals surface area (Å²) in [5, 5.41) is 18.2. The summed E-state index contributed by atoms with van der Waals surface area (Å²) in [5.41, 5.74) is 0.918. The number of aryl methyl sites for hydroxylation is 1. The van der Waals surface area contributed by atoms with Crippen molar-refractivity contribution in [2.45, 2.75) is 57.1 Å². The van der Waals surface area contributed by atoms with E-state index >= 15 is 0 Å². The third kappa shape index (κ3) is 4.39. The number of carbonyl (C=O) groups excluding carboxylic acids is 1. The van der Waals surface area contributed by atoms with Gasteiger partial charge in [0.2, 0.25) is 5.91 Å². The molecule has 3 saturated heterocycles. The number of aliphatic hydroxyl groups is 1. The minimum absolute atomic E-state index is 0.231. The van der Waals surface area contributed by atoms with E-state index in [9.17, 15) is 9.90 Å². The monoisotopic (exact) mass is 386 g/mol. The fourth-order valence-electron chi connectivity index (χ4n) is 5.11. The maximum Gasteiger partial charge on any atom is 0.222 e. The van der Waals surface area contributed by atoms with Crippen molar-refractivity contribution in [3.8, 4) is 0 Å². The Kier molecular flexibility index (Phi) is 5.99. The van der Waals surface area contributed by atoms with E-state index < -0.39 is 5.60 Å². The molecular formula is C22H34N4O2. The predicted molar refractivity (Wildman–Crippen MR) is 109 cm³/mol. The number of nitrogens with one attached hydrogen (secondary N) is 2. The molecule has 1 aromatic rings. The Balaban J connectivity index is 1.21. The Morgan fingerprint density at radius 2 is 2.11 bits per heavy atom. The van der Waals surface area contributed by atoms with Crippen molar-refractivity contribution in [1.29, 1.82) is 0 Å². The lowest BCUT2D eigenvalue weighted by molar-refractivity contribution is -0.136. The molecular weight excluding hydrogens is 352 g/mol. The second-order valence-electron chi connectivity index (χ2n) is 9.06. The number of aromatic nitrogens is 1. The Morgan fingerprint density at radius 1 is 1.29 bits per heavy atom. The van der Waals surface area contributed by atoms with Crippen molar-refractivity contribution in [3.63, 3.8) is 0 Å². The van der Waals surface area contributed by atoms with E-state index in [4.69, 9.17) is 0 Å². The first kappa shape index (κ1) is 19.8. The summed E-state index contributed by atoms with van der Waals surface area (Å²) in [6.45, 7) is 6.59. The first-order valence-electron chi connectivity index (χ1n) is 10.9. The van der Waals surface area contributed by atoms with Crippen LogP contribution < -0.4 is 10.6 Å². The van der Waals surface area contributed by atoms with Crippen LogP contribution in [0.25, 0.3) is 0 Å². The number of amides is 1. The van der Waals surface area contributed by atoms with E-state index in [0.29, 0.717) is 38.4 Å². The average Bonchev–Trinajstić information content (AvgIpc) is 2.71. The highest BCUT2D eigenvalue weighted by atomic mass is 16.3. The number of fused-ring (bicyclic) bond motifs is 2. The molecule has 4 rings (SSSR count). The van der Waals surface area contributed by atoms with E-state index in [2.05, 4.69) is 15.6 Å². The number of likely N-dealkylation sites (tertiary alicyclic amines) is 1. The van der Waals surface area contributed by atoms with Gasteiger partial charge in [-0.2, -0.15) is 0 Å². The zero-order valence-corrected chi connectivity index (χ0v) is 17.0. The molecule has 28 heavy (non-hydrogen) atoms. The standard InChI is InChI=1S/C22H34N4O2/c1-16-5-6-20(25-12-16)22(28)7-9-26(10-8-22)21(27)4-2-3-19-18-11-17(14-24-19)13-23-15-18/h5-6,12,17-19,23-24,28H,2-4,7-11,13-15H2,1H3/t17-,18+,19-/m0/s1. The Morgan fingerprint density at radius 3 is 2.86 bits per heavy atom. The van der Waals surface area contributed by atoms with Gasteiger partial charge in [-0.25, -0.2) is 0 Å². The van der Waals surface area contributed by atoms with Crippen LogP contribution in [0.2, 0.25) is 0 Å². The van der Waals surface area contributed by atoms with Crippen LogP contribution in [-0.2, 0) is 10.4 Å². The molecule has 6 heteroatoms. The SMILES string of the molecule is Cc1ccc(C2(O)CCN(C(=O)CCC[C@@H]3NC[C@@H]4CNC[C@H]3C4)CC2)nc1. The third-order valence-corrected chi connectivity index (χ3v) is 6.95. The first-order valence-corrected chi connectivity index (χ1v) is 10.9. The Labute approximate surface area is 168 Å². The molecule has 3 fully saturated rings. The van der Waals surface area contributed by atoms with Crippen LogP contribution >= 0.6 is 0 Å². The number of hydrogen-bond acceptors (Lipinski definition) is 5. The van der Waals surface area contributed by atoms with E-state index in [1.54, 1.807) is 6.20 Å². The molecule has 3 N–H and O–H groups in total. The summed E-state index contributed by atoms with van der Waals surface area (Å²) in [4.78, 5) is 19.0. The molecule has 1 amide bonds. The van der Waals surface area contributed by atoms with Gasteiger partial charge in [-0.05, 0) is 82.1 Å². The zero-order chi connectivity index (χ0) is 19.6. The molecule has 3 aliphatic heterocycles. The molecule has 6 nitrogen and oxygen atoms in total. The molecule has 0 spiro atoms. The van der Waals surface area contributed by atoms with Crippen molar-refractivity contribution < 1.29 is 9.90 Å². The second-order valence-corrected chi connectivity index (χ2v) is 9.06. The van der Waals surface area contributed by atoms with Crippen LogP contribution in [0, 0.1) is 18.8 Å². The normalized spacial score (nSPS) is 29.5. The van der Waals surface area contributed by atoms with Crippen molar-refractivity contribution in [3.05, 3.63) is 29.6 Å². The van der Waals surface area contributed by atoms with Gasteiger partial charge in [0.25, 0.3) is 0 Å².